The minimum absolute atomic E-state index is 0.0547. The second-order valence-electron chi connectivity index (χ2n) is 10.9. The lowest BCUT2D eigenvalue weighted by molar-refractivity contribution is -0.521. The molecule has 0 aromatic heterocycles. The molecule has 3 saturated carbocycles. The predicted octanol–water partition coefficient (Wildman–Crippen LogP) is 2.16. The molecule has 1 N–H and O–H groups in total. The zero-order chi connectivity index (χ0) is 20.8. The van der Waals surface area contributed by atoms with Crippen molar-refractivity contribution in [3.63, 3.8) is 0 Å². The minimum Gasteiger partial charge on any atom is -0.387 e. The lowest BCUT2D eigenvalue weighted by Gasteiger charge is -2.75. The van der Waals surface area contributed by atoms with E-state index in [4.69, 9.17) is 14.2 Å². The molecule has 0 aromatic rings. The predicted molar refractivity (Wildman–Crippen MR) is 101 cm³/mol. The Kier molecular flexibility index (Phi) is 3.03. The summed E-state index contributed by atoms with van der Waals surface area (Å²) >= 11 is 0. The topological polar surface area (TPSA) is 82.1 Å². The first kappa shape index (κ1) is 18.4. The number of allylic oxidation sites excluding steroid dienone is 2. The Morgan fingerprint density at radius 2 is 1.90 bits per heavy atom. The molecule has 156 valence electrons. The third-order valence-electron chi connectivity index (χ3n) is 8.96. The van der Waals surface area contributed by atoms with Crippen LogP contribution in [0.4, 0.5) is 0 Å². The molecular formula is C23H28O6. The van der Waals surface area contributed by atoms with Crippen molar-refractivity contribution < 1.29 is 28.9 Å². The van der Waals surface area contributed by atoms with Crippen LogP contribution >= 0.6 is 0 Å². The van der Waals surface area contributed by atoms with Crippen LogP contribution in [0.3, 0.4) is 0 Å². The van der Waals surface area contributed by atoms with Crippen molar-refractivity contribution in [2.75, 3.05) is 6.61 Å². The van der Waals surface area contributed by atoms with Crippen LogP contribution < -0.4 is 0 Å². The molecule has 0 aromatic carbocycles. The first-order chi connectivity index (χ1) is 13.5. The van der Waals surface area contributed by atoms with E-state index in [-0.39, 0.29) is 30.0 Å². The van der Waals surface area contributed by atoms with E-state index in [9.17, 15) is 14.7 Å². The summed E-state index contributed by atoms with van der Waals surface area (Å²) in [4.78, 5) is 27.4. The number of Topliss-reactive ketones (excluding diaryl/α,β-unsaturated/α-hetero) is 1. The largest absolute Gasteiger partial charge is 0.387 e. The summed E-state index contributed by atoms with van der Waals surface area (Å²) in [5.74, 6) is -3.61. The molecule has 3 aliphatic heterocycles. The molecule has 6 fully saturated rings. The van der Waals surface area contributed by atoms with Gasteiger partial charge >= 0.3 is 0 Å². The standard InChI is InChI=1S/C23H28O6/c1-11-12-6-7-13-21-10-27-23(17(26)15(21)19(2,3)9-8-14(21)24)22(13,16(11)25)18(12)28-20(4,5)29-23/h8-9,12-13,15,17-18,26H,1,6-7,10H2,2-5H3/t12-,13-,15+,17-,18+,21+,22-,23?/m0/s1. The van der Waals surface area contributed by atoms with Gasteiger partial charge in [-0.2, -0.15) is 0 Å². The van der Waals surface area contributed by atoms with Gasteiger partial charge in [-0.05, 0) is 49.7 Å². The molecule has 29 heavy (non-hydrogen) atoms. The van der Waals surface area contributed by atoms with Crippen LogP contribution in [0.5, 0.6) is 0 Å². The Labute approximate surface area is 170 Å². The van der Waals surface area contributed by atoms with E-state index in [2.05, 4.69) is 6.58 Å². The van der Waals surface area contributed by atoms with Crippen LogP contribution in [-0.4, -0.2) is 47.1 Å². The molecule has 4 aliphatic carbocycles. The van der Waals surface area contributed by atoms with E-state index in [0.29, 0.717) is 12.0 Å². The maximum absolute atomic E-state index is 13.9. The number of ether oxygens (including phenoxy) is 3. The van der Waals surface area contributed by atoms with Crippen LogP contribution in [0, 0.1) is 34.0 Å². The van der Waals surface area contributed by atoms with Gasteiger partial charge < -0.3 is 19.3 Å². The number of fused-ring (bicyclic) bond motifs is 1. The van der Waals surface area contributed by atoms with Crippen molar-refractivity contribution in [3.05, 3.63) is 24.3 Å². The molecule has 8 atom stereocenters. The third kappa shape index (κ3) is 1.60. The van der Waals surface area contributed by atoms with Gasteiger partial charge in [0.1, 0.15) is 11.5 Å². The van der Waals surface area contributed by atoms with Crippen molar-refractivity contribution in [3.8, 4) is 0 Å². The molecule has 6 heteroatoms. The zero-order valence-electron chi connectivity index (χ0n) is 17.4. The van der Waals surface area contributed by atoms with Gasteiger partial charge in [-0.25, -0.2) is 0 Å². The number of carbonyl (C=O) groups is 2. The highest BCUT2D eigenvalue weighted by Crippen LogP contribution is 2.78. The first-order valence-corrected chi connectivity index (χ1v) is 10.6. The molecule has 3 saturated heterocycles. The van der Waals surface area contributed by atoms with Crippen molar-refractivity contribution in [1.82, 2.24) is 0 Å². The molecule has 4 bridgehead atoms. The average Bonchev–Trinajstić information content (AvgIpc) is 2.75. The Bertz CT molecular complexity index is 916. The Hall–Kier alpha value is -1.34. The Morgan fingerprint density at radius 3 is 2.62 bits per heavy atom. The summed E-state index contributed by atoms with van der Waals surface area (Å²) in [6, 6.07) is 0. The quantitative estimate of drug-likeness (QED) is 0.628. The van der Waals surface area contributed by atoms with Gasteiger partial charge in [-0.1, -0.05) is 26.5 Å². The van der Waals surface area contributed by atoms with Crippen molar-refractivity contribution in [2.45, 2.75) is 64.3 Å². The van der Waals surface area contributed by atoms with Crippen LogP contribution in [-0.2, 0) is 23.8 Å². The summed E-state index contributed by atoms with van der Waals surface area (Å²) in [6.07, 6.45) is 3.33. The van der Waals surface area contributed by atoms with E-state index in [1.165, 1.54) is 0 Å². The summed E-state index contributed by atoms with van der Waals surface area (Å²) in [7, 11) is 0. The van der Waals surface area contributed by atoms with Gasteiger partial charge in [0.2, 0.25) is 5.79 Å². The normalized spacial score (nSPS) is 55.6. The van der Waals surface area contributed by atoms with E-state index in [0.717, 1.165) is 6.42 Å². The average molecular weight is 400 g/mol. The van der Waals surface area contributed by atoms with Crippen LogP contribution in [0.25, 0.3) is 0 Å². The summed E-state index contributed by atoms with van der Waals surface area (Å²) < 4.78 is 19.1. The highest BCUT2D eigenvalue weighted by atomic mass is 16.8. The maximum atomic E-state index is 13.9. The van der Waals surface area contributed by atoms with Gasteiger partial charge in [0, 0.05) is 11.8 Å². The number of aliphatic hydroxyl groups excluding tert-OH is 1. The lowest BCUT2D eigenvalue weighted by Crippen LogP contribution is -2.88. The number of aliphatic hydroxyl groups is 1. The van der Waals surface area contributed by atoms with Crippen molar-refractivity contribution in [2.24, 2.45) is 34.0 Å². The molecular weight excluding hydrogens is 372 g/mol. The molecule has 3 spiro atoms. The lowest BCUT2D eigenvalue weighted by atomic mass is 9.36. The minimum atomic E-state index is -1.53. The summed E-state index contributed by atoms with van der Waals surface area (Å²) in [6.45, 7) is 11.9. The third-order valence-corrected chi connectivity index (χ3v) is 8.96. The zero-order valence-corrected chi connectivity index (χ0v) is 17.4. The smallest absolute Gasteiger partial charge is 0.213 e. The number of rotatable bonds is 0. The Balaban J connectivity index is 1.71. The molecule has 3 heterocycles. The van der Waals surface area contributed by atoms with E-state index >= 15 is 0 Å². The summed E-state index contributed by atoms with van der Waals surface area (Å²) in [5.41, 5.74) is -2.11. The van der Waals surface area contributed by atoms with Crippen LogP contribution in [0.15, 0.2) is 24.3 Å². The number of ketones is 2. The van der Waals surface area contributed by atoms with Crippen molar-refractivity contribution >= 4 is 11.6 Å². The fourth-order valence-electron chi connectivity index (χ4n) is 8.23. The fraction of sp³-hybridized carbons (Fsp3) is 0.739. The number of carbonyl (C=O) groups excluding carboxylic acids is 2. The number of hydrogen-bond acceptors (Lipinski definition) is 6. The molecule has 1 unspecified atom stereocenters. The second-order valence-corrected chi connectivity index (χ2v) is 10.9. The monoisotopic (exact) mass is 400 g/mol. The Morgan fingerprint density at radius 1 is 1.17 bits per heavy atom. The highest BCUT2D eigenvalue weighted by molar-refractivity contribution is 6.07. The van der Waals surface area contributed by atoms with E-state index in [1.54, 1.807) is 19.9 Å². The SMILES string of the molecule is C=C1C(=O)[C@@]23[C@@H]4OC(C)(C)OC25OC[C@]2(C(=O)C=CC(C)(C)[C@H]2[C@@H]5O)[C@@H]3CC[C@@H]14. The molecule has 0 amide bonds. The molecule has 7 rings (SSSR count). The molecule has 7 aliphatic rings. The van der Waals surface area contributed by atoms with Gasteiger partial charge in [0.25, 0.3) is 0 Å². The van der Waals surface area contributed by atoms with Crippen molar-refractivity contribution in [1.29, 1.82) is 0 Å². The van der Waals surface area contributed by atoms with E-state index in [1.807, 2.05) is 19.9 Å². The van der Waals surface area contributed by atoms with Gasteiger partial charge in [-0.15, -0.1) is 0 Å². The van der Waals surface area contributed by atoms with E-state index < -0.39 is 45.9 Å². The second kappa shape index (κ2) is 4.77. The van der Waals surface area contributed by atoms with Gasteiger partial charge in [0.05, 0.1) is 18.1 Å². The molecule has 0 radical (unpaired) electrons. The first-order valence-electron chi connectivity index (χ1n) is 10.6. The summed E-state index contributed by atoms with van der Waals surface area (Å²) in [5, 5.41) is 11.9. The van der Waals surface area contributed by atoms with Crippen LogP contribution in [0.2, 0.25) is 0 Å². The van der Waals surface area contributed by atoms with Gasteiger partial charge in [-0.3, -0.25) is 9.59 Å². The number of hydrogen-bond donors (Lipinski definition) is 1. The highest BCUT2D eigenvalue weighted by Gasteiger charge is 2.89. The maximum Gasteiger partial charge on any atom is 0.213 e. The molecule has 6 nitrogen and oxygen atoms in total. The van der Waals surface area contributed by atoms with Gasteiger partial charge in [0.15, 0.2) is 17.4 Å². The fourth-order valence-corrected chi connectivity index (χ4v) is 8.23. The van der Waals surface area contributed by atoms with Crippen LogP contribution in [0.1, 0.15) is 40.5 Å².